The largest absolute Gasteiger partial charge is 0.348 e. The zero-order chi connectivity index (χ0) is 19.6. The highest BCUT2D eigenvalue weighted by atomic mass is 15.3. The summed E-state index contributed by atoms with van der Waals surface area (Å²) >= 11 is 0. The molecule has 0 atom stereocenters. The van der Waals surface area contributed by atoms with E-state index in [1.54, 1.807) is 0 Å². The van der Waals surface area contributed by atoms with Crippen molar-refractivity contribution in [2.45, 2.75) is 19.8 Å². The molecule has 0 spiro atoms. The van der Waals surface area contributed by atoms with Crippen molar-refractivity contribution in [3.05, 3.63) is 102 Å². The predicted molar refractivity (Wildman–Crippen MR) is 116 cm³/mol. The first-order chi connectivity index (χ1) is 12.9. The van der Waals surface area contributed by atoms with Gasteiger partial charge in [0.2, 0.25) is 0 Å². The molecule has 1 aromatic rings. The lowest BCUT2D eigenvalue weighted by atomic mass is 10.0. The van der Waals surface area contributed by atoms with Crippen molar-refractivity contribution in [1.29, 1.82) is 0 Å². The highest BCUT2D eigenvalue weighted by molar-refractivity contribution is 5.58. The number of nitrogens with zero attached hydrogens (tertiary/aromatic N) is 3. The zero-order valence-electron chi connectivity index (χ0n) is 16.7. The number of aryl methyl sites for hydroxylation is 1. The molecule has 3 nitrogen and oxygen atoms in total. The van der Waals surface area contributed by atoms with Crippen molar-refractivity contribution in [1.82, 2.24) is 9.80 Å². The number of hydrogen-bond acceptors (Lipinski definition) is 3. The summed E-state index contributed by atoms with van der Waals surface area (Å²) in [5.74, 6) is 0.882. The third-order valence-corrected chi connectivity index (χ3v) is 5.35. The fourth-order valence-electron chi connectivity index (χ4n) is 3.52. The van der Waals surface area contributed by atoms with Gasteiger partial charge in [0.15, 0.2) is 0 Å². The molecule has 2 heterocycles. The van der Waals surface area contributed by atoms with Gasteiger partial charge in [0.05, 0.1) is 0 Å². The van der Waals surface area contributed by atoms with Gasteiger partial charge in [-0.2, -0.15) is 0 Å². The van der Waals surface area contributed by atoms with Crippen LogP contribution in [0.15, 0.2) is 96.8 Å². The summed E-state index contributed by atoms with van der Waals surface area (Å²) in [4.78, 5) is 6.32. The SMILES string of the molecule is C=C1C(=C/C(C)=C/C=C/N2CCCc3ccccc32)C(=C)N(C)C(=C)N1C. The molecule has 2 aliphatic heterocycles. The highest BCUT2D eigenvalue weighted by Gasteiger charge is 2.25. The minimum atomic E-state index is 0.882. The lowest BCUT2D eigenvalue weighted by Gasteiger charge is -2.40. The molecule has 1 aromatic carbocycles. The maximum atomic E-state index is 4.20. The predicted octanol–water partition coefficient (Wildman–Crippen LogP) is 5.20. The number of benzene rings is 1. The Bertz CT molecular complexity index is 843. The normalized spacial score (nSPS) is 18.5. The second-order valence-electron chi connectivity index (χ2n) is 7.16. The molecular formula is C24H29N3. The van der Waals surface area contributed by atoms with E-state index in [1.165, 1.54) is 17.7 Å². The molecule has 0 aliphatic carbocycles. The third kappa shape index (κ3) is 3.77. The molecular weight excluding hydrogens is 330 g/mol. The van der Waals surface area contributed by atoms with Crippen LogP contribution in [-0.2, 0) is 6.42 Å². The third-order valence-electron chi connectivity index (χ3n) is 5.35. The molecule has 0 N–H and O–H groups in total. The van der Waals surface area contributed by atoms with Crippen molar-refractivity contribution in [2.75, 3.05) is 25.5 Å². The topological polar surface area (TPSA) is 9.72 Å². The van der Waals surface area contributed by atoms with Crippen LogP contribution in [0.25, 0.3) is 0 Å². The first-order valence-electron chi connectivity index (χ1n) is 9.36. The van der Waals surface area contributed by atoms with E-state index in [2.05, 4.69) is 80.3 Å². The molecule has 0 saturated carbocycles. The van der Waals surface area contributed by atoms with Gasteiger partial charge in [-0.3, -0.25) is 0 Å². The van der Waals surface area contributed by atoms with E-state index in [-0.39, 0.29) is 0 Å². The Morgan fingerprint density at radius 2 is 1.70 bits per heavy atom. The monoisotopic (exact) mass is 359 g/mol. The molecule has 3 heteroatoms. The average Bonchev–Trinajstić information content (AvgIpc) is 2.68. The van der Waals surface area contributed by atoms with Crippen LogP contribution in [0.2, 0.25) is 0 Å². The first-order valence-corrected chi connectivity index (χ1v) is 9.36. The van der Waals surface area contributed by atoms with Gasteiger partial charge < -0.3 is 14.7 Å². The fraction of sp³-hybridized carbons (Fsp3) is 0.250. The van der Waals surface area contributed by atoms with Gasteiger partial charge in [-0.1, -0.05) is 49.6 Å². The number of anilines is 1. The van der Waals surface area contributed by atoms with Crippen molar-refractivity contribution >= 4 is 5.69 Å². The number of allylic oxidation sites excluding steroid dienone is 4. The molecule has 1 saturated heterocycles. The van der Waals surface area contributed by atoms with Crippen LogP contribution in [0.4, 0.5) is 5.69 Å². The van der Waals surface area contributed by atoms with Gasteiger partial charge in [-0.05, 0) is 43.5 Å². The molecule has 0 radical (unpaired) electrons. The quantitative estimate of drug-likeness (QED) is 0.687. The summed E-state index contributed by atoms with van der Waals surface area (Å²) in [6.45, 7) is 15.6. The maximum Gasteiger partial charge on any atom is 0.105 e. The Morgan fingerprint density at radius 1 is 1.04 bits per heavy atom. The second kappa shape index (κ2) is 7.75. The molecule has 0 aromatic heterocycles. The van der Waals surface area contributed by atoms with Crippen molar-refractivity contribution in [2.24, 2.45) is 0 Å². The van der Waals surface area contributed by atoms with Crippen LogP contribution >= 0.6 is 0 Å². The van der Waals surface area contributed by atoms with E-state index in [9.17, 15) is 0 Å². The van der Waals surface area contributed by atoms with Crippen LogP contribution in [0.1, 0.15) is 18.9 Å². The number of para-hydroxylation sites is 1. The number of fused-ring (bicyclic) bond motifs is 1. The van der Waals surface area contributed by atoms with Crippen molar-refractivity contribution in [3.8, 4) is 0 Å². The summed E-state index contributed by atoms with van der Waals surface area (Å²) in [7, 11) is 3.96. The highest BCUT2D eigenvalue weighted by Crippen LogP contribution is 2.33. The zero-order valence-corrected chi connectivity index (χ0v) is 16.7. The Hall–Kier alpha value is -2.94. The van der Waals surface area contributed by atoms with E-state index in [0.29, 0.717) is 0 Å². The maximum absolute atomic E-state index is 4.20. The van der Waals surface area contributed by atoms with Crippen molar-refractivity contribution in [3.63, 3.8) is 0 Å². The van der Waals surface area contributed by atoms with Gasteiger partial charge in [0.1, 0.15) is 5.82 Å². The smallest absolute Gasteiger partial charge is 0.105 e. The van der Waals surface area contributed by atoms with E-state index in [0.717, 1.165) is 41.3 Å². The van der Waals surface area contributed by atoms with Gasteiger partial charge in [0, 0.05) is 49.5 Å². The number of likely N-dealkylation sites (N-methyl/N-ethyl adjacent to an activating group) is 2. The number of hydrogen-bond donors (Lipinski definition) is 0. The van der Waals surface area contributed by atoms with Crippen LogP contribution in [0.3, 0.4) is 0 Å². The van der Waals surface area contributed by atoms with E-state index < -0.39 is 0 Å². The molecule has 1 fully saturated rings. The lowest BCUT2D eigenvalue weighted by Crippen LogP contribution is -2.35. The summed E-state index contributed by atoms with van der Waals surface area (Å²) in [6.07, 6.45) is 10.9. The molecule has 0 amide bonds. The standard InChI is InChI=1S/C24H29N3/c1-18(17-23-19(2)25(5)21(4)26(6)20(23)3)11-9-15-27-16-10-13-22-12-7-8-14-24(22)27/h7-9,11-12,14-15,17H,2-4,10,13,16H2,1,5-6H3/b15-9+,18-11+. The molecule has 0 unspecified atom stereocenters. The fourth-order valence-corrected chi connectivity index (χ4v) is 3.52. The first kappa shape index (κ1) is 18.8. The van der Waals surface area contributed by atoms with Crippen LogP contribution in [-0.4, -0.2) is 30.4 Å². The summed E-state index contributed by atoms with van der Waals surface area (Å²) in [6, 6.07) is 8.65. The summed E-state index contributed by atoms with van der Waals surface area (Å²) in [5, 5.41) is 0. The second-order valence-corrected chi connectivity index (χ2v) is 7.16. The summed E-state index contributed by atoms with van der Waals surface area (Å²) in [5.41, 5.74) is 6.79. The molecule has 3 rings (SSSR count). The Kier molecular flexibility index (Phi) is 5.41. The molecule has 0 bridgehead atoms. The minimum Gasteiger partial charge on any atom is -0.348 e. The van der Waals surface area contributed by atoms with Gasteiger partial charge in [-0.15, -0.1) is 0 Å². The van der Waals surface area contributed by atoms with E-state index in [4.69, 9.17) is 0 Å². The average molecular weight is 360 g/mol. The van der Waals surface area contributed by atoms with E-state index in [1.807, 2.05) is 23.9 Å². The van der Waals surface area contributed by atoms with Crippen LogP contribution in [0.5, 0.6) is 0 Å². The Morgan fingerprint density at radius 3 is 2.41 bits per heavy atom. The summed E-state index contributed by atoms with van der Waals surface area (Å²) < 4.78 is 0. The van der Waals surface area contributed by atoms with Crippen LogP contribution in [0, 0.1) is 0 Å². The Balaban J connectivity index is 1.77. The van der Waals surface area contributed by atoms with Gasteiger partial charge in [-0.25, -0.2) is 0 Å². The molecule has 27 heavy (non-hydrogen) atoms. The Labute approximate surface area is 163 Å². The van der Waals surface area contributed by atoms with Gasteiger partial charge in [0.25, 0.3) is 0 Å². The van der Waals surface area contributed by atoms with Gasteiger partial charge >= 0.3 is 0 Å². The van der Waals surface area contributed by atoms with E-state index >= 15 is 0 Å². The lowest BCUT2D eigenvalue weighted by molar-refractivity contribution is 0.338. The number of rotatable bonds is 3. The van der Waals surface area contributed by atoms with Crippen molar-refractivity contribution < 1.29 is 0 Å². The molecule has 2 aliphatic rings. The van der Waals surface area contributed by atoms with Crippen LogP contribution < -0.4 is 4.90 Å². The minimum absolute atomic E-state index is 0.882. The molecule has 140 valence electrons.